The number of benzene rings is 2. The van der Waals surface area contributed by atoms with Crippen molar-refractivity contribution in [2.75, 3.05) is 17.2 Å². The lowest BCUT2D eigenvalue weighted by molar-refractivity contribution is -0.115. The highest BCUT2D eigenvalue weighted by Gasteiger charge is 2.05. The number of nitrogens with one attached hydrogen (secondary N) is 2. The molecular formula is C17H16N4O. The number of para-hydroxylation sites is 2. The molecule has 2 N–H and O–H groups in total. The van der Waals surface area contributed by atoms with Gasteiger partial charge in [0.1, 0.15) is 12.1 Å². The van der Waals surface area contributed by atoms with Crippen molar-refractivity contribution in [2.45, 2.75) is 6.42 Å². The fourth-order valence-corrected chi connectivity index (χ4v) is 2.19. The Kier molecular flexibility index (Phi) is 4.25. The number of anilines is 2. The lowest BCUT2D eigenvalue weighted by atomic mass is 10.2. The average Bonchev–Trinajstić information content (AvgIpc) is 2.56. The Bertz CT molecular complexity index is 768. The maximum Gasteiger partial charge on any atom is 0.226 e. The Balaban J connectivity index is 1.57. The predicted molar refractivity (Wildman–Crippen MR) is 87.7 cm³/mol. The third kappa shape index (κ3) is 3.38. The largest absolute Gasteiger partial charge is 0.369 e. The zero-order chi connectivity index (χ0) is 15.2. The van der Waals surface area contributed by atoms with Gasteiger partial charge in [0.15, 0.2) is 0 Å². The van der Waals surface area contributed by atoms with Gasteiger partial charge in [0.05, 0.1) is 5.52 Å². The molecule has 0 aliphatic heterocycles. The highest BCUT2D eigenvalue weighted by Crippen LogP contribution is 2.18. The highest BCUT2D eigenvalue weighted by atomic mass is 16.1. The van der Waals surface area contributed by atoms with Crippen molar-refractivity contribution in [3.63, 3.8) is 0 Å². The molecule has 0 atom stereocenters. The molecule has 110 valence electrons. The normalized spacial score (nSPS) is 10.4. The number of aromatic nitrogens is 2. The number of nitrogens with zero attached hydrogens (tertiary/aromatic N) is 2. The molecule has 0 radical (unpaired) electrons. The minimum absolute atomic E-state index is 0.0305. The molecule has 5 nitrogen and oxygen atoms in total. The van der Waals surface area contributed by atoms with Gasteiger partial charge in [0, 0.05) is 24.0 Å². The molecule has 1 aromatic heterocycles. The number of hydrogen-bond acceptors (Lipinski definition) is 4. The van der Waals surface area contributed by atoms with E-state index in [0.29, 0.717) is 13.0 Å². The molecule has 0 fully saturated rings. The van der Waals surface area contributed by atoms with Crippen molar-refractivity contribution in [1.29, 1.82) is 0 Å². The summed E-state index contributed by atoms with van der Waals surface area (Å²) in [6.45, 7) is 0.514. The zero-order valence-electron chi connectivity index (χ0n) is 12.0. The fourth-order valence-electron chi connectivity index (χ4n) is 2.19. The SMILES string of the molecule is O=C(CCNc1ncnc2ccccc12)Nc1ccccc1. The summed E-state index contributed by atoms with van der Waals surface area (Å²) in [6, 6.07) is 17.2. The third-order valence-electron chi connectivity index (χ3n) is 3.24. The van der Waals surface area contributed by atoms with E-state index in [1.165, 1.54) is 6.33 Å². The lowest BCUT2D eigenvalue weighted by Gasteiger charge is -2.08. The van der Waals surface area contributed by atoms with Crippen LogP contribution >= 0.6 is 0 Å². The third-order valence-corrected chi connectivity index (χ3v) is 3.24. The molecule has 0 saturated heterocycles. The molecule has 1 heterocycles. The van der Waals surface area contributed by atoms with Crippen LogP contribution < -0.4 is 10.6 Å². The summed E-state index contributed by atoms with van der Waals surface area (Å²) in [5.41, 5.74) is 1.69. The Hall–Kier alpha value is -2.95. The molecule has 3 aromatic rings. The summed E-state index contributed by atoms with van der Waals surface area (Å²) in [5, 5.41) is 7.00. The summed E-state index contributed by atoms with van der Waals surface area (Å²) < 4.78 is 0. The first-order valence-electron chi connectivity index (χ1n) is 7.11. The van der Waals surface area contributed by atoms with E-state index in [0.717, 1.165) is 22.4 Å². The highest BCUT2D eigenvalue weighted by molar-refractivity contribution is 5.91. The van der Waals surface area contributed by atoms with Gasteiger partial charge in [0.25, 0.3) is 0 Å². The van der Waals surface area contributed by atoms with E-state index < -0.39 is 0 Å². The van der Waals surface area contributed by atoms with Gasteiger partial charge in [-0.25, -0.2) is 9.97 Å². The molecule has 1 amide bonds. The van der Waals surface area contributed by atoms with Crippen LogP contribution in [0.15, 0.2) is 60.9 Å². The maximum atomic E-state index is 11.9. The number of fused-ring (bicyclic) bond motifs is 1. The molecule has 0 spiro atoms. The molecule has 0 bridgehead atoms. The van der Waals surface area contributed by atoms with Gasteiger partial charge in [0.2, 0.25) is 5.91 Å². The number of carbonyl (C=O) groups is 1. The van der Waals surface area contributed by atoms with Crippen LogP contribution in [0.3, 0.4) is 0 Å². The van der Waals surface area contributed by atoms with Crippen LogP contribution in [-0.2, 0) is 4.79 Å². The smallest absolute Gasteiger partial charge is 0.226 e. The molecule has 5 heteroatoms. The second-order valence-electron chi connectivity index (χ2n) is 4.83. The van der Waals surface area contributed by atoms with E-state index in [2.05, 4.69) is 20.6 Å². The molecule has 0 aliphatic rings. The van der Waals surface area contributed by atoms with Gasteiger partial charge in [-0.1, -0.05) is 30.3 Å². The minimum atomic E-state index is -0.0305. The van der Waals surface area contributed by atoms with Crippen molar-refractivity contribution in [3.8, 4) is 0 Å². The van der Waals surface area contributed by atoms with Crippen molar-refractivity contribution >= 4 is 28.3 Å². The Labute approximate surface area is 128 Å². The van der Waals surface area contributed by atoms with Crippen LogP contribution in [0.1, 0.15) is 6.42 Å². The number of carbonyl (C=O) groups excluding carboxylic acids is 1. The monoisotopic (exact) mass is 292 g/mol. The van der Waals surface area contributed by atoms with Crippen LogP contribution in [0.5, 0.6) is 0 Å². The van der Waals surface area contributed by atoms with Gasteiger partial charge in [-0.05, 0) is 24.3 Å². The van der Waals surface area contributed by atoms with Crippen molar-refractivity contribution in [1.82, 2.24) is 9.97 Å². The molecular weight excluding hydrogens is 276 g/mol. The first-order chi connectivity index (χ1) is 10.8. The first kappa shape index (κ1) is 14.0. The number of amides is 1. The van der Waals surface area contributed by atoms with Crippen LogP contribution in [-0.4, -0.2) is 22.4 Å². The topological polar surface area (TPSA) is 66.9 Å². The van der Waals surface area contributed by atoms with Gasteiger partial charge >= 0.3 is 0 Å². The maximum absolute atomic E-state index is 11.9. The van der Waals surface area contributed by atoms with E-state index in [4.69, 9.17) is 0 Å². The van der Waals surface area contributed by atoms with Crippen molar-refractivity contribution < 1.29 is 4.79 Å². The summed E-state index contributed by atoms with van der Waals surface area (Å²) >= 11 is 0. The fraction of sp³-hybridized carbons (Fsp3) is 0.118. The molecule has 0 unspecified atom stereocenters. The summed E-state index contributed by atoms with van der Waals surface area (Å²) in [5.74, 6) is 0.718. The number of hydrogen-bond donors (Lipinski definition) is 2. The zero-order valence-corrected chi connectivity index (χ0v) is 12.0. The second-order valence-corrected chi connectivity index (χ2v) is 4.83. The van der Waals surface area contributed by atoms with E-state index in [9.17, 15) is 4.79 Å². The molecule has 2 aromatic carbocycles. The molecule has 22 heavy (non-hydrogen) atoms. The summed E-state index contributed by atoms with van der Waals surface area (Å²) in [7, 11) is 0. The van der Waals surface area contributed by atoms with Gasteiger partial charge in [-0.15, -0.1) is 0 Å². The lowest BCUT2D eigenvalue weighted by Crippen LogP contribution is -2.16. The van der Waals surface area contributed by atoms with Crippen molar-refractivity contribution in [3.05, 3.63) is 60.9 Å². The quantitative estimate of drug-likeness (QED) is 0.758. The van der Waals surface area contributed by atoms with Crippen LogP contribution in [0.2, 0.25) is 0 Å². The summed E-state index contributed by atoms with van der Waals surface area (Å²) in [4.78, 5) is 20.3. The van der Waals surface area contributed by atoms with E-state index in [-0.39, 0.29) is 5.91 Å². The average molecular weight is 292 g/mol. The van der Waals surface area contributed by atoms with Crippen molar-refractivity contribution in [2.24, 2.45) is 0 Å². The minimum Gasteiger partial charge on any atom is -0.369 e. The van der Waals surface area contributed by atoms with E-state index >= 15 is 0 Å². The second kappa shape index (κ2) is 6.67. The van der Waals surface area contributed by atoms with Crippen LogP contribution in [0.4, 0.5) is 11.5 Å². The Morgan fingerprint density at radius 1 is 0.955 bits per heavy atom. The van der Waals surface area contributed by atoms with Gasteiger partial charge in [-0.3, -0.25) is 4.79 Å². The Morgan fingerprint density at radius 3 is 2.59 bits per heavy atom. The van der Waals surface area contributed by atoms with E-state index in [1.807, 2.05) is 54.6 Å². The standard InChI is InChI=1S/C17H16N4O/c22-16(21-13-6-2-1-3-7-13)10-11-18-17-14-8-4-5-9-15(14)19-12-20-17/h1-9,12H,10-11H2,(H,21,22)(H,18,19,20). The molecule has 0 saturated carbocycles. The van der Waals surface area contributed by atoms with E-state index in [1.54, 1.807) is 0 Å². The van der Waals surface area contributed by atoms with Crippen LogP contribution in [0.25, 0.3) is 10.9 Å². The molecule has 3 rings (SSSR count). The predicted octanol–water partition coefficient (Wildman–Crippen LogP) is 3.07. The van der Waals surface area contributed by atoms with Gasteiger partial charge in [-0.2, -0.15) is 0 Å². The van der Waals surface area contributed by atoms with Gasteiger partial charge < -0.3 is 10.6 Å². The summed E-state index contributed by atoms with van der Waals surface area (Å²) in [6.07, 6.45) is 1.89. The first-order valence-corrected chi connectivity index (χ1v) is 7.11. The molecule has 0 aliphatic carbocycles. The number of rotatable bonds is 5. The van der Waals surface area contributed by atoms with Crippen LogP contribution in [0, 0.1) is 0 Å². The Morgan fingerprint density at radius 2 is 1.73 bits per heavy atom.